The number of unbranched alkanes of at least 4 members (excludes halogenated alkanes) is 1. The number of esters is 1. The molecule has 4 rings (SSSR count). The highest BCUT2D eigenvalue weighted by Gasteiger charge is 2.39. The fourth-order valence-electron chi connectivity index (χ4n) is 4.58. The van der Waals surface area contributed by atoms with Crippen molar-refractivity contribution in [3.05, 3.63) is 76.4 Å². The number of carbonyl (C=O) groups is 1. The van der Waals surface area contributed by atoms with Gasteiger partial charge in [0.2, 0.25) is 0 Å². The van der Waals surface area contributed by atoms with Crippen LogP contribution >= 0.6 is 11.8 Å². The molecule has 2 unspecified atom stereocenters. The second kappa shape index (κ2) is 10.9. The van der Waals surface area contributed by atoms with Crippen molar-refractivity contribution >= 4 is 23.6 Å². The van der Waals surface area contributed by atoms with Crippen molar-refractivity contribution < 1.29 is 19.4 Å². The van der Waals surface area contributed by atoms with Crippen LogP contribution in [0.25, 0.3) is 0 Å². The van der Waals surface area contributed by atoms with E-state index in [-0.39, 0.29) is 17.2 Å². The summed E-state index contributed by atoms with van der Waals surface area (Å²) in [4.78, 5) is 19.0. The van der Waals surface area contributed by atoms with Gasteiger partial charge < -0.3 is 14.6 Å². The summed E-state index contributed by atoms with van der Waals surface area (Å²) < 4.78 is 11.7. The van der Waals surface area contributed by atoms with Crippen LogP contribution in [0.5, 0.6) is 0 Å². The molecule has 2 aromatic rings. The molecule has 2 aromatic carbocycles. The highest BCUT2D eigenvalue weighted by molar-refractivity contribution is 8.04. The molecule has 5 nitrogen and oxygen atoms in total. The molecule has 35 heavy (non-hydrogen) atoms. The van der Waals surface area contributed by atoms with E-state index in [0.717, 1.165) is 41.2 Å². The molecule has 2 atom stereocenters. The number of ether oxygens (including phenoxy) is 2. The third-order valence-corrected chi connectivity index (χ3v) is 7.60. The second-order valence-corrected chi connectivity index (χ2v) is 11.3. The summed E-state index contributed by atoms with van der Waals surface area (Å²) in [5.74, 6) is 0.485. The number of thioether (sulfide) groups is 1. The number of benzene rings is 2. The van der Waals surface area contributed by atoms with Crippen LogP contribution < -0.4 is 0 Å². The molecule has 2 heterocycles. The maximum absolute atomic E-state index is 13.1. The Bertz CT molecular complexity index is 1110. The van der Waals surface area contributed by atoms with Crippen LogP contribution in [0.1, 0.15) is 76.5 Å². The van der Waals surface area contributed by atoms with Gasteiger partial charge >= 0.3 is 5.97 Å². The van der Waals surface area contributed by atoms with Gasteiger partial charge in [-0.3, -0.25) is 0 Å². The van der Waals surface area contributed by atoms with E-state index in [1.165, 1.54) is 11.8 Å². The summed E-state index contributed by atoms with van der Waals surface area (Å²) in [7, 11) is 0. The summed E-state index contributed by atoms with van der Waals surface area (Å²) in [6, 6.07) is 17.7. The topological polar surface area (TPSA) is 68.1 Å². The van der Waals surface area contributed by atoms with Gasteiger partial charge in [-0.1, -0.05) is 80.6 Å². The first-order valence-corrected chi connectivity index (χ1v) is 13.2. The quantitative estimate of drug-likeness (QED) is 0.292. The molecule has 186 valence electrons. The third-order valence-electron chi connectivity index (χ3n) is 6.42. The van der Waals surface area contributed by atoms with Crippen molar-refractivity contribution in [2.45, 2.75) is 75.8 Å². The summed E-state index contributed by atoms with van der Waals surface area (Å²) in [5, 5.41) is 11.4. The number of aliphatic hydroxyl groups excluding tert-OH is 1. The molecule has 0 bridgehead atoms. The standard InChI is InChI=1S/C29H35NO4S/c1-19(2)21-14-8-10-16-23(21)35-27-25(31)22(15-9-11-17-24-30-29(3,4)18-33-24)26(34-28(27)32)20-12-6-5-7-13-20/h5-8,10,12-14,16,19,22,26,31H,9,11,15,17-18H2,1-4H3. The minimum atomic E-state index is -0.507. The summed E-state index contributed by atoms with van der Waals surface area (Å²) in [5.41, 5.74) is 1.90. The Balaban J connectivity index is 1.55. The predicted octanol–water partition coefficient (Wildman–Crippen LogP) is 7.35. The molecule has 0 aliphatic carbocycles. The van der Waals surface area contributed by atoms with Crippen LogP contribution in [0, 0.1) is 5.92 Å². The maximum atomic E-state index is 13.1. The fourth-order valence-corrected chi connectivity index (χ4v) is 5.76. The molecular formula is C29H35NO4S. The molecule has 0 radical (unpaired) electrons. The number of nitrogens with zero attached hydrogens (tertiary/aromatic N) is 1. The zero-order valence-electron chi connectivity index (χ0n) is 21.0. The first kappa shape index (κ1) is 25.4. The van der Waals surface area contributed by atoms with E-state index in [2.05, 4.69) is 38.8 Å². The molecule has 2 aliphatic heterocycles. The number of aliphatic imine (C=N–C) groups is 1. The molecule has 0 spiro atoms. The van der Waals surface area contributed by atoms with Gasteiger partial charge in [0, 0.05) is 11.3 Å². The van der Waals surface area contributed by atoms with Crippen LogP contribution in [0.3, 0.4) is 0 Å². The SMILES string of the molecule is CC(C)c1ccccc1SC1=C(O)C(CCCCC2=NC(C)(C)CO2)C(c2ccccc2)OC1=O. The first-order chi connectivity index (χ1) is 16.7. The molecule has 0 saturated heterocycles. The van der Waals surface area contributed by atoms with E-state index in [9.17, 15) is 9.90 Å². The molecule has 1 N–H and O–H groups in total. The average molecular weight is 494 g/mol. The lowest BCUT2D eigenvalue weighted by atomic mass is 9.87. The van der Waals surface area contributed by atoms with E-state index in [4.69, 9.17) is 9.47 Å². The second-order valence-electron chi connectivity index (χ2n) is 10.2. The van der Waals surface area contributed by atoms with Crippen molar-refractivity contribution in [1.82, 2.24) is 0 Å². The number of aliphatic hydroxyl groups is 1. The van der Waals surface area contributed by atoms with Crippen LogP contribution in [-0.4, -0.2) is 29.1 Å². The molecule has 0 amide bonds. The number of hydrogen-bond donors (Lipinski definition) is 1. The van der Waals surface area contributed by atoms with E-state index in [0.29, 0.717) is 23.9 Å². The Labute approximate surface area is 212 Å². The lowest BCUT2D eigenvalue weighted by Gasteiger charge is -2.32. The Hall–Kier alpha value is -2.73. The Morgan fingerprint density at radius 3 is 2.49 bits per heavy atom. The molecule has 0 fully saturated rings. The number of carbonyl (C=O) groups excluding carboxylic acids is 1. The zero-order valence-corrected chi connectivity index (χ0v) is 21.8. The van der Waals surface area contributed by atoms with E-state index < -0.39 is 12.1 Å². The number of rotatable bonds is 9. The first-order valence-electron chi connectivity index (χ1n) is 12.4. The monoisotopic (exact) mass is 493 g/mol. The highest BCUT2D eigenvalue weighted by atomic mass is 32.2. The molecule has 6 heteroatoms. The van der Waals surface area contributed by atoms with Crippen molar-refractivity contribution in [3.63, 3.8) is 0 Å². The number of hydrogen-bond acceptors (Lipinski definition) is 6. The van der Waals surface area contributed by atoms with Crippen molar-refractivity contribution in [3.8, 4) is 0 Å². The fraction of sp³-hybridized carbons (Fsp3) is 0.448. The lowest BCUT2D eigenvalue weighted by molar-refractivity contribution is -0.149. The highest BCUT2D eigenvalue weighted by Crippen LogP contribution is 2.45. The normalized spacial score (nSPS) is 21.6. The van der Waals surface area contributed by atoms with Gasteiger partial charge in [-0.25, -0.2) is 9.79 Å². The number of cyclic esters (lactones) is 1. The Kier molecular flexibility index (Phi) is 7.90. The Morgan fingerprint density at radius 2 is 1.80 bits per heavy atom. The predicted molar refractivity (Wildman–Crippen MR) is 141 cm³/mol. The third kappa shape index (κ3) is 6.10. The van der Waals surface area contributed by atoms with Crippen LogP contribution in [0.4, 0.5) is 0 Å². The Morgan fingerprint density at radius 1 is 1.09 bits per heavy atom. The van der Waals surface area contributed by atoms with E-state index in [1.807, 2.05) is 48.5 Å². The van der Waals surface area contributed by atoms with Crippen LogP contribution in [0.2, 0.25) is 0 Å². The molecule has 0 aromatic heterocycles. The van der Waals surface area contributed by atoms with E-state index in [1.54, 1.807) is 0 Å². The van der Waals surface area contributed by atoms with Gasteiger partial charge in [-0.05, 0) is 49.8 Å². The van der Waals surface area contributed by atoms with Gasteiger partial charge in [-0.15, -0.1) is 0 Å². The summed E-state index contributed by atoms with van der Waals surface area (Å²) in [6.07, 6.45) is 2.73. The van der Waals surface area contributed by atoms with Crippen LogP contribution in [0.15, 0.2) is 75.1 Å². The lowest BCUT2D eigenvalue weighted by Crippen LogP contribution is -2.29. The molecule has 2 aliphatic rings. The average Bonchev–Trinajstić information content (AvgIpc) is 3.19. The molecular weight excluding hydrogens is 458 g/mol. The smallest absolute Gasteiger partial charge is 0.349 e. The van der Waals surface area contributed by atoms with Gasteiger partial charge in [0.15, 0.2) is 5.90 Å². The van der Waals surface area contributed by atoms with Crippen molar-refractivity contribution in [2.75, 3.05) is 6.61 Å². The maximum Gasteiger partial charge on any atom is 0.349 e. The zero-order chi connectivity index (χ0) is 25.0. The molecule has 0 saturated carbocycles. The van der Waals surface area contributed by atoms with Gasteiger partial charge in [-0.2, -0.15) is 0 Å². The van der Waals surface area contributed by atoms with E-state index >= 15 is 0 Å². The van der Waals surface area contributed by atoms with Crippen molar-refractivity contribution in [1.29, 1.82) is 0 Å². The van der Waals surface area contributed by atoms with Gasteiger partial charge in [0.25, 0.3) is 0 Å². The summed E-state index contributed by atoms with van der Waals surface area (Å²) in [6.45, 7) is 9.01. The minimum absolute atomic E-state index is 0.134. The largest absolute Gasteiger partial charge is 0.510 e. The minimum Gasteiger partial charge on any atom is -0.510 e. The summed E-state index contributed by atoms with van der Waals surface area (Å²) >= 11 is 1.31. The van der Waals surface area contributed by atoms with Gasteiger partial charge in [0.05, 0.1) is 11.5 Å². The van der Waals surface area contributed by atoms with Gasteiger partial charge in [0.1, 0.15) is 23.4 Å². The van der Waals surface area contributed by atoms with Crippen LogP contribution in [-0.2, 0) is 14.3 Å². The van der Waals surface area contributed by atoms with Crippen molar-refractivity contribution in [2.24, 2.45) is 10.9 Å².